The summed E-state index contributed by atoms with van der Waals surface area (Å²) in [4.78, 5) is 29.6. The molecule has 7 nitrogen and oxygen atoms in total. The van der Waals surface area contributed by atoms with Crippen LogP contribution >= 0.6 is 11.3 Å². The van der Waals surface area contributed by atoms with Crippen LogP contribution in [0.2, 0.25) is 0 Å². The molecule has 4 aromatic rings. The summed E-state index contributed by atoms with van der Waals surface area (Å²) in [7, 11) is 0. The maximum atomic E-state index is 14.1. The van der Waals surface area contributed by atoms with Crippen LogP contribution in [0.4, 0.5) is 25.4 Å². The molecule has 180 valence electrons. The summed E-state index contributed by atoms with van der Waals surface area (Å²) in [5, 5.41) is 14.8. The van der Waals surface area contributed by atoms with Crippen LogP contribution in [0.3, 0.4) is 0 Å². The maximum absolute atomic E-state index is 14.1. The highest BCUT2D eigenvalue weighted by Gasteiger charge is 2.24. The number of halogens is 2. The molecule has 0 saturated carbocycles. The van der Waals surface area contributed by atoms with Gasteiger partial charge in [0.05, 0.1) is 29.3 Å². The maximum Gasteiger partial charge on any atom is 0.253 e. The average molecular weight is 504 g/mol. The van der Waals surface area contributed by atoms with Crippen molar-refractivity contribution in [2.45, 2.75) is 13.0 Å². The molecule has 0 aliphatic heterocycles. The SMILES string of the molecule is N#CCc1ccc(CNC(=O)c2ccccc2Nc2nc(N)c(C(=O)c3c(F)cccc3F)s2)cc1. The van der Waals surface area contributed by atoms with Crippen molar-refractivity contribution in [1.29, 1.82) is 5.26 Å². The van der Waals surface area contributed by atoms with Crippen molar-refractivity contribution in [3.05, 3.63) is 105 Å². The summed E-state index contributed by atoms with van der Waals surface area (Å²) in [6.07, 6.45) is 0.315. The van der Waals surface area contributed by atoms with Gasteiger partial charge in [-0.15, -0.1) is 0 Å². The van der Waals surface area contributed by atoms with Crippen molar-refractivity contribution in [1.82, 2.24) is 10.3 Å². The van der Waals surface area contributed by atoms with E-state index in [1.807, 2.05) is 24.3 Å². The van der Waals surface area contributed by atoms with Crippen LogP contribution in [0.15, 0.2) is 66.7 Å². The third kappa shape index (κ3) is 5.37. The van der Waals surface area contributed by atoms with Crippen molar-refractivity contribution in [2.24, 2.45) is 0 Å². The molecule has 1 heterocycles. The number of nitrogens with zero attached hydrogens (tertiary/aromatic N) is 2. The van der Waals surface area contributed by atoms with Gasteiger partial charge >= 0.3 is 0 Å². The number of amides is 1. The van der Waals surface area contributed by atoms with Gasteiger partial charge in [0.25, 0.3) is 5.91 Å². The number of nitrogen functional groups attached to an aromatic ring is 1. The zero-order valence-electron chi connectivity index (χ0n) is 18.7. The van der Waals surface area contributed by atoms with Crippen molar-refractivity contribution in [3.8, 4) is 6.07 Å². The predicted molar refractivity (Wildman–Crippen MR) is 133 cm³/mol. The molecule has 0 bridgehead atoms. The Morgan fingerprint density at radius 1 is 0.972 bits per heavy atom. The van der Waals surface area contributed by atoms with Crippen LogP contribution in [0.25, 0.3) is 0 Å². The van der Waals surface area contributed by atoms with E-state index in [1.54, 1.807) is 24.3 Å². The van der Waals surface area contributed by atoms with E-state index in [0.29, 0.717) is 17.7 Å². The highest BCUT2D eigenvalue weighted by Crippen LogP contribution is 2.31. The number of rotatable bonds is 8. The van der Waals surface area contributed by atoms with E-state index in [9.17, 15) is 18.4 Å². The minimum Gasteiger partial charge on any atom is -0.382 e. The lowest BCUT2D eigenvalue weighted by atomic mass is 10.1. The molecule has 36 heavy (non-hydrogen) atoms. The van der Waals surface area contributed by atoms with Gasteiger partial charge < -0.3 is 16.4 Å². The third-order valence-electron chi connectivity index (χ3n) is 5.22. The smallest absolute Gasteiger partial charge is 0.253 e. The molecular formula is C26H19F2N5O2S. The first-order chi connectivity index (χ1) is 17.4. The molecule has 0 spiro atoms. The minimum absolute atomic E-state index is 0.122. The fourth-order valence-corrected chi connectivity index (χ4v) is 4.27. The molecule has 0 radical (unpaired) electrons. The Morgan fingerprint density at radius 2 is 1.64 bits per heavy atom. The minimum atomic E-state index is -0.996. The number of nitrogens with two attached hydrogens (primary N) is 1. The van der Waals surface area contributed by atoms with E-state index < -0.39 is 23.0 Å². The van der Waals surface area contributed by atoms with Gasteiger partial charge in [-0.05, 0) is 35.4 Å². The molecule has 0 aliphatic rings. The lowest BCUT2D eigenvalue weighted by Gasteiger charge is -2.11. The molecule has 1 amide bonds. The number of para-hydroxylation sites is 1. The molecule has 0 unspecified atom stereocenters. The van der Waals surface area contributed by atoms with E-state index in [2.05, 4.69) is 21.7 Å². The largest absolute Gasteiger partial charge is 0.382 e. The second-order valence-corrected chi connectivity index (χ2v) is 8.66. The number of hydrogen-bond acceptors (Lipinski definition) is 7. The van der Waals surface area contributed by atoms with Gasteiger partial charge in [-0.2, -0.15) is 5.26 Å². The molecule has 0 saturated heterocycles. The summed E-state index contributed by atoms with van der Waals surface area (Å²) in [6.45, 7) is 0.275. The zero-order chi connectivity index (χ0) is 25.7. The number of hydrogen-bond donors (Lipinski definition) is 3. The van der Waals surface area contributed by atoms with E-state index in [4.69, 9.17) is 11.0 Å². The third-order valence-corrected chi connectivity index (χ3v) is 6.21. The van der Waals surface area contributed by atoms with Crippen LogP contribution < -0.4 is 16.4 Å². The molecule has 1 aromatic heterocycles. The zero-order valence-corrected chi connectivity index (χ0v) is 19.5. The standard InChI is InChI=1S/C26H19F2N5O2S/c27-18-5-3-6-19(28)21(18)22(34)23-24(30)33-26(36-23)32-20-7-2-1-4-17(20)25(35)31-14-16-10-8-15(9-11-16)12-13-29/h1-11H,12,14,30H2,(H,31,35)(H,32,33). The number of nitriles is 1. The van der Waals surface area contributed by atoms with Gasteiger partial charge in [0, 0.05) is 6.54 Å². The van der Waals surface area contributed by atoms with Crippen molar-refractivity contribution in [3.63, 3.8) is 0 Å². The van der Waals surface area contributed by atoms with Crippen molar-refractivity contribution >= 4 is 39.7 Å². The Labute approximate surface area is 209 Å². The van der Waals surface area contributed by atoms with Crippen LogP contribution in [-0.4, -0.2) is 16.7 Å². The number of carbonyl (C=O) groups excluding carboxylic acids is 2. The second kappa shape index (κ2) is 10.8. The van der Waals surface area contributed by atoms with Crippen LogP contribution in [0.5, 0.6) is 0 Å². The summed E-state index contributed by atoms with van der Waals surface area (Å²) in [5.74, 6) is -3.45. The highest BCUT2D eigenvalue weighted by molar-refractivity contribution is 7.18. The second-order valence-electron chi connectivity index (χ2n) is 7.66. The Morgan fingerprint density at radius 3 is 2.33 bits per heavy atom. The first-order valence-electron chi connectivity index (χ1n) is 10.7. The monoisotopic (exact) mass is 503 g/mol. The predicted octanol–water partition coefficient (Wildman–Crippen LogP) is 4.97. The Kier molecular flexibility index (Phi) is 7.32. The summed E-state index contributed by atoms with van der Waals surface area (Å²) in [5.41, 5.74) is 7.64. The van der Waals surface area contributed by atoms with Crippen LogP contribution in [0, 0.1) is 23.0 Å². The van der Waals surface area contributed by atoms with Crippen LogP contribution in [0.1, 0.15) is 36.7 Å². The van der Waals surface area contributed by atoms with Gasteiger partial charge in [-0.1, -0.05) is 53.8 Å². The number of aromatic nitrogens is 1. The normalized spacial score (nSPS) is 10.5. The van der Waals surface area contributed by atoms with Crippen molar-refractivity contribution in [2.75, 3.05) is 11.1 Å². The molecule has 0 atom stereocenters. The van der Waals surface area contributed by atoms with Crippen molar-refractivity contribution < 1.29 is 18.4 Å². The van der Waals surface area contributed by atoms with Gasteiger partial charge in [-0.3, -0.25) is 9.59 Å². The van der Waals surface area contributed by atoms with Gasteiger partial charge in [0.1, 0.15) is 22.3 Å². The molecular weight excluding hydrogens is 484 g/mol. The number of carbonyl (C=O) groups is 2. The Hall–Kier alpha value is -4.62. The number of anilines is 3. The number of nitrogens with one attached hydrogen (secondary N) is 2. The van der Waals surface area contributed by atoms with Gasteiger partial charge in [0.2, 0.25) is 5.78 Å². The summed E-state index contributed by atoms with van der Waals surface area (Å²) >= 11 is 0.826. The molecule has 4 rings (SSSR count). The number of thiazole rings is 1. The fourth-order valence-electron chi connectivity index (χ4n) is 3.43. The number of benzene rings is 3. The van der Waals surface area contributed by atoms with E-state index in [0.717, 1.165) is 40.7 Å². The van der Waals surface area contributed by atoms with Crippen LogP contribution in [-0.2, 0) is 13.0 Å². The molecule has 0 fully saturated rings. The topological polar surface area (TPSA) is 121 Å². The molecule has 10 heteroatoms. The Bertz CT molecular complexity index is 1460. The lowest BCUT2D eigenvalue weighted by Crippen LogP contribution is -2.23. The van der Waals surface area contributed by atoms with E-state index >= 15 is 0 Å². The summed E-state index contributed by atoms with van der Waals surface area (Å²) < 4.78 is 28.1. The van der Waals surface area contributed by atoms with E-state index in [-0.39, 0.29) is 28.3 Å². The first kappa shape index (κ1) is 24.5. The first-order valence-corrected chi connectivity index (χ1v) is 11.5. The molecule has 0 aliphatic carbocycles. The highest BCUT2D eigenvalue weighted by atomic mass is 32.1. The lowest BCUT2D eigenvalue weighted by molar-refractivity contribution is 0.0951. The molecule has 4 N–H and O–H groups in total. The van der Waals surface area contributed by atoms with E-state index in [1.165, 1.54) is 0 Å². The fraction of sp³-hybridized carbons (Fsp3) is 0.0769. The summed E-state index contributed by atoms with van der Waals surface area (Å²) in [6, 6.07) is 19.2. The average Bonchev–Trinajstić information content (AvgIpc) is 3.23. The van der Waals surface area contributed by atoms with Gasteiger partial charge in [0.15, 0.2) is 5.13 Å². The molecule has 3 aromatic carbocycles. The van der Waals surface area contributed by atoms with Gasteiger partial charge in [-0.25, -0.2) is 13.8 Å². The number of ketones is 1. The Balaban J connectivity index is 1.50. The quantitative estimate of drug-likeness (QED) is 0.292.